The van der Waals surface area contributed by atoms with Gasteiger partial charge in [-0.1, -0.05) is 12.1 Å². The van der Waals surface area contributed by atoms with E-state index in [1.165, 1.54) is 6.33 Å². The molecule has 0 saturated heterocycles. The Kier molecular flexibility index (Phi) is 7.04. The van der Waals surface area contributed by atoms with Crippen molar-refractivity contribution in [2.24, 2.45) is 0 Å². The van der Waals surface area contributed by atoms with Crippen molar-refractivity contribution in [3.05, 3.63) is 72.1 Å². The van der Waals surface area contributed by atoms with Crippen LogP contribution in [0.2, 0.25) is 0 Å². The van der Waals surface area contributed by atoms with E-state index in [0.29, 0.717) is 23.6 Å². The fourth-order valence-corrected chi connectivity index (χ4v) is 2.80. The maximum absolute atomic E-state index is 12.6. The number of ether oxygens (including phenoxy) is 2. The molecular weight excluding hydrogens is 408 g/mol. The number of alkyl carbamates (subject to hydrolysis) is 1. The highest BCUT2D eigenvalue weighted by Gasteiger charge is 2.15. The van der Waals surface area contributed by atoms with Crippen molar-refractivity contribution in [3.63, 3.8) is 0 Å². The Morgan fingerprint density at radius 2 is 1.66 bits per heavy atom. The van der Waals surface area contributed by atoms with Gasteiger partial charge in [0.2, 0.25) is 0 Å². The third-order valence-electron chi connectivity index (χ3n) is 4.35. The summed E-state index contributed by atoms with van der Waals surface area (Å²) in [6, 6.07) is 16.1. The van der Waals surface area contributed by atoms with Crippen LogP contribution in [0.25, 0.3) is 11.3 Å². The van der Waals surface area contributed by atoms with Crippen LogP contribution in [0.1, 0.15) is 36.7 Å². The van der Waals surface area contributed by atoms with E-state index in [4.69, 9.17) is 9.47 Å². The molecule has 0 atom stereocenters. The van der Waals surface area contributed by atoms with Gasteiger partial charge in [-0.2, -0.15) is 0 Å². The molecule has 0 spiro atoms. The summed E-state index contributed by atoms with van der Waals surface area (Å²) in [4.78, 5) is 32.8. The molecular formula is C24H26N4O4. The van der Waals surface area contributed by atoms with E-state index in [1.54, 1.807) is 58.2 Å². The molecule has 3 rings (SSSR count). The van der Waals surface area contributed by atoms with Gasteiger partial charge >= 0.3 is 6.09 Å². The summed E-state index contributed by atoms with van der Waals surface area (Å²) in [5, 5.41) is 5.47. The zero-order valence-corrected chi connectivity index (χ0v) is 18.5. The Bertz CT molecular complexity index is 1070. The molecule has 8 nitrogen and oxygen atoms in total. The molecule has 0 bridgehead atoms. The van der Waals surface area contributed by atoms with Gasteiger partial charge in [-0.15, -0.1) is 0 Å². The van der Waals surface area contributed by atoms with Gasteiger partial charge in [-0.3, -0.25) is 4.79 Å². The largest absolute Gasteiger partial charge is 0.497 e. The Morgan fingerprint density at radius 3 is 2.28 bits per heavy atom. The summed E-state index contributed by atoms with van der Waals surface area (Å²) in [6.45, 7) is 5.71. The molecule has 1 heterocycles. The number of hydrogen-bond donors (Lipinski definition) is 2. The second kappa shape index (κ2) is 9.91. The fraction of sp³-hybridized carbons (Fsp3) is 0.250. The summed E-state index contributed by atoms with van der Waals surface area (Å²) in [5.74, 6) is 0.851. The van der Waals surface area contributed by atoms with Crippen molar-refractivity contribution >= 4 is 17.8 Å². The predicted octanol–water partition coefficient (Wildman–Crippen LogP) is 4.43. The predicted molar refractivity (Wildman–Crippen MR) is 121 cm³/mol. The van der Waals surface area contributed by atoms with Gasteiger partial charge in [0.25, 0.3) is 5.91 Å². The highest BCUT2D eigenvalue weighted by atomic mass is 16.6. The van der Waals surface area contributed by atoms with Gasteiger partial charge < -0.3 is 20.1 Å². The van der Waals surface area contributed by atoms with Crippen LogP contribution in [0.4, 0.5) is 10.6 Å². The van der Waals surface area contributed by atoms with Gasteiger partial charge in [-0.25, -0.2) is 14.8 Å². The molecule has 1 aromatic heterocycles. The van der Waals surface area contributed by atoms with Crippen molar-refractivity contribution in [2.75, 3.05) is 12.4 Å². The first-order valence-corrected chi connectivity index (χ1v) is 10.1. The zero-order valence-electron chi connectivity index (χ0n) is 18.5. The maximum Gasteiger partial charge on any atom is 0.407 e. The standard InChI is InChI=1S/C24H26N4O4/c1-24(2,3)32-23(30)25-14-16-5-7-18(8-6-16)22(29)28-21-13-20(26-15-27-21)17-9-11-19(31-4)12-10-17/h5-13,15H,14H2,1-4H3,(H,25,30)(H,26,27,28,29). The lowest BCUT2D eigenvalue weighted by molar-refractivity contribution is 0.0523. The lowest BCUT2D eigenvalue weighted by Crippen LogP contribution is -2.32. The van der Waals surface area contributed by atoms with Gasteiger partial charge in [0.1, 0.15) is 23.5 Å². The normalized spacial score (nSPS) is 10.9. The van der Waals surface area contributed by atoms with Crippen LogP contribution in [0.15, 0.2) is 60.9 Å². The summed E-state index contributed by atoms with van der Waals surface area (Å²) >= 11 is 0. The number of carbonyl (C=O) groups is 2. The van der Waals surface area contributed by atoms with Gasteiger partial charge in [0, 0.05) is 23.7 Å². The monoisotopic (exact) mass is 434 g/mol. The molecule has 0 fully saturated rings. The summed E-state index contributed by atoms with van der Waals surface area (Å²) in [5.41, 5.74) is 2.32. The van der Waals surface area contributed by atoms with Crippen LogP contribution in [0.3, 0.4) is 0 Å². The lowest BCUT2D eigenvalue weighted by atomic mass is 10.1. The number of benzene rings is 2. The number of anilines is 1. The minimum Gasteiger partial charge on any atom is -0.497 e. The van der Waals surface area contributed by atoms with E-state index >= 15 is 0 Å². The lowest BCUT2D eigenvalue weighted by Gasteiger charge is -2.19. The molecule has 0 aliphatic carbocycles. The molecule has 166 valence electrons. The third-order valence-corrected chi connectivity index (χ3v) is 4.35. The first-order chi connectivity index (χ1) is 15.2. The highest BCUT2D eigenvalue weighted by Crippen LogP contribution is 2.22. The SMILES string of the molecule is COc1ccc(-c2cc(NC(=O)c3ccc(CNC(=O)OC(C)(C)C)cc3)ncn2)cc1. The molecule has 0 aliphatic heterocycles. The molecule has 8 heteroatoms. The Labute approximate surface area is 187 Å². The highest BCUT2D eigenvalue weighted by molar-refractivity contribution is 6.03. The number of rotatable bonds is 6. The van der Waals surface area contributed by atoms with Gasteiger partial charge in [0.05, 0.1) is 12.8 Å². The van der Waals surface area contributed by atoms with E-state index in [9.17, 15) is 9.59 Å². The van der Waals surface area contributed by atoms with E-state index in [2.05, 4.69) is 20.6 Å². The van der Waals surface area contributed by atoms with E-state index in [0.717, 1.165) is 16.9 Å². The van der Waals surface area contributed by atoms with Crippen LogP contribution in [0, 0.1) is 0 Å². The minimum atomic E-state index is -0.555. The minimum absolute atomic E-state index is 0.295. The van der Waals surface area contributed by atoms with Crippen molar-refractivity contribution < 1.29 is 19.1 Å². The smallest absolute Gasteiger partial charge is 0.407 e. The molecule has 2 aromatic carbocycles. The third kappa shape index (κ3) is 6.53. The Morgan fingerprint density at radius 1 is 0.969 bits per heavy atom. The first-order valence-electron chi connectivity index (χ1n) is 10.1. The molecule has 0 unspecified atom stereocenters. The molecule has 0 saturated carbocycles. The number of nitrogens with one attached hydrogen (secondary N) is 2. The quantitative estimate of drug-likeness (QED) is 0.595. The topological polar surface area (TPSA) is 102 Å². The van der Waals surface area contributed by atoms with Crippen LogP contribution in [-0.2, 0) is 11.3 Å². The number of hydrogen-bond acceptors (Lipinski definition) is 6. The second-order valence-electron chi connectivity index (χ2n) is 8.02. The van der Waals surface area contributed by atoms with Crippen LogP contribution >= 0.6 is 0 Å². The van der Waals surface area contributed by atoms with E-state index in [-0.39, 0.29) is 5.91 Å². The summed E-state index contributed by atoms with van der Waals surface area (Å²) < 4.78 is 10.4. The number of methoxy groups -OCH3 is 1. The zero-order chi connectivity index (χ0) is 23.1. The number of amides is 2. The average molecular weight is 434 g/mol. The van der Waals surface area contributed by atoms with Gasteiger partial charge in [0.15, 0.2) is 0 Å². The number of aromatic nitrogens is 2. The Hall–Kier alpha value is -3.94. The Balaban J connectivity index is 1.60. The van der Waals surface area contributed by atoms with E-state index < -0.39 is 11.7 Å². The molecule has 32 heavy (non-hydrogen) atoms. The number of carbonyl (C=O) groups excluding carboxylic acids is 2. The summed E-state index contributed by atoms with van der Waals surface area (Å²) in [6.07, 6.45) is 0.913. The molecule has 0 radical (unpaired) electrons. The van der Waals surface area contributed by atoms with Crippen molar-refractivity contribution in [3.8, 4) is 17.0 Å². The fourth-order valence-electron chi connectivity index (χ4n) is 2.80. The molecule has 0 aliphatic rings. The van der Waals surface area contributed by atoms with Crippen LogP contribution in [-0.4, -0.2) is 34.7 Å². The maximum atomic E-state index is 12.6. The first kappa shape index (κ1) is 22.7. The van der Waals surface area contributed by atoms with Crippen molar-refractivity contribution in [1.82, 2.24) is 15.3 Å². The van der Waals surface area contributed by atoms with E-state index in [1.807, 2.05) is 24.3 Å². The van der Waals surface area contributed by atoms with Crippen LogP contribution < -0.4 is 15.4 Å². The summed E-state index contributed by atoms with van der Waals surface area (Å²) in [7, 11) is 1.61. The average Bonchev–Trinajstić information content (AvgIpc) is 2.77. The molecule has 3 aromatic rings. The van der Waals surface area contributed by atoms with Gasteiger partial charge in [-0.05, 0) is 62.7 Å². The number of nitrogens with zero attached hydrogens (tertiary/aromatic N) is 2. The van der Waals surface area contributed by atoms with Crippen molar-refractivity contribution in [1.29, 1.82) is 0 Å². The molecule has 2 N–H and O–H groups in total. The van der Waals surface area contributed by atoms with Crippen molar-refractivity contribution in [2.45, 2.75) is 32.9 Å². The van der Waals surface area contributed by atoms with Crippen LogP contribution in [0.5, 0.6) is 5.75 Å². The molecule has 2 amide bonds. The second-order valence-corrected chi connectivity index (χ2v) is 8.02.